The highest BCUT2D eigenvalue weighted by molar-refractivity contribution is 6.14. The Morgan fingerprint density at radius 1 is 1.05 bits per heavy atom. The monoisotopic (exact) mass is 279 g/mol. The Kier molecular flexibility index (Phi) is 2.15. The summed E-state index contributed by atoms with van der Waals surface area (Å²) in [4.78, 5) is 26.6. The van der Waals surface area contributed by atoms with Crippen molar-refractivity contribution in [1.82, 2.24) is 0 Å². The van der Waals surface area contributed by atoms with Crippen molar-refractivity contribution >= 4 is 17.6 Å². The number of ether oxygens (including phenoxy) is 1. The van der Waals surface area contributed by atoms with Crippen LogP contribution in [-0.4, -0.2) is 18.9 Å². The molecule has 21 heavy (non-hydrogen) atoms. The number of rotatable bonds is 0. The first-order valence-electron chi connectivity index (χ1n) is 6.78. The molecule has 2 aliphatic heterocycles. The predicted molar refractivity (Wildman–Crippen MR) is 77.2 cm³/mol. The summed E-state index contributed by atoms with van der Waals surface area (Å²) in [5, 5.41) is 0. The number of carbonyl (C=O) groups excluding carboxylic acids is 2. The van der Waals surface area contributed by atoms with Gasteiger partial charge in [-0.2, -0.15) is 0 Å². The highest BCUT2D eigenvalue weighted by Crippen LogP contribution is 2.51. The molecular weight excluding hydrogens is 266 g/mol. The maximum absolute atomic E-state index is 12.9. The van der Waals surface area contributed by atoms with Crippen LogP contribution in [0.1, 0.15) is 27.0 Å². The van der Waals surface area contributed by atoms with E-state index in [1.165, 1.54) is 0 Å². The molecule has 0 radical (unpaired) electrons. The van der Waals surface area contributed by atoms with Crippen LogP contribution in [0.3, 0.4) is 0 Å². The average molecular weight is 279 g/mol. The Bertz CT molecular complexity index is 811. The normalized spacial score (nSPS) is 22.5. The van der Waals surface area contributed by atoms with E-state index in [0.29, 0.717) is 11.1 Å². The van der Waals surface area contributed by atoms with Crippen LogP contribution in [0.2, 0.25) is 0 Å². The minimum Gasteiger partial charge on any atom is -0.435 e. The number of esters is 1. The standard InChI is InChI=1S/C17H13NO3/c1-10-7-8-13-14(9-10)18(2)16(20)17(13)12-6-4-3-5-11(12)15(19)21-17/h3-9H,1-2H3. The van der Waals surface area contributed by atoms with Gasteiger partial charge in [0.1, 0.15) is 0 Å². The Morgan fingerprint density at radius 3 is 2.62 bits per heavy atom. The summed E-state index contributed by atoms with van der Waals surface area (Å²) < 4.78 is 5.60. The summed E-state index contributed by atoms with van der Waals surface area (Å²) in [5.74, 6) is -0.665. The van der Waals surface area contributed by atoms with Crippen LogP contribution in [0, 0.1) is 6.92 Å². The summed E-state index contributed by atoms with van der Waals surface area (Å²) in [5.41, 5.74) is 2.37. The summed E-state index contributed by atoms with van der Waals surface area (Å²) in [7, 11) is 1.71. The lowest BCUT2D eigenvalue weighted by Crippen LogP contribution is -2.39. The molecule has 104 valence electrons. The van der Waals surface area contributed by atoms with Crippen molar-refractivity contribution < 1.29 is 14.3 Å². The summed E-state index contributed by atoms with van der Waals surface area (Å²) in [6.45, 7) is 1.97. The van der Waals surface area contributed by atoms with Crippen LogP contribution >= 0.6 is 0 Å². The molecule has 0 saturated carbocycles. The molecule has 4 nitrogen and oxygen atoms in total. The zero-order chi connectivity index (χ0) is 14.8. The lowest BCUT2D eigenvalue weighted by molar-refractivity contribution is -0.131. The molecule has 0 bridgehead atoms. The minimum absolute atomic E-state index is 0.221. The van der Waals surface area contributed by atoms with E-state index in [1.807, 2.05) is 31.2 Å². The number of fused-ring (bicyclic) bond motifs is 4. The van der Waals surface area contributed by atoms with Gasteiger partial charge in [0.2, 0.25) is 5.60 Å². The molecule has 0 N–H and O–H groups in total. The average Bonchev–Trinajstić information content (AvgIpc) is 2.89. The van der Waals surface area contributed by atoms with E-state index >= 15 is 0 Å². The molecule has 0 aromatic heterocycles. The summed E-state index contributed by atoms with van der Waals surface area (Å²) in [6.07, 6.45) is 0. The van der Waals surface area contributed by atoms with Crippen molar-refractivity contribution in [2.45, 2.75) is 12.5 Å². The van der Waals surface area contributed by atoms with Gasteiger partial charge in [-0.15, -0.1) is 0 Å². The highest BCUT2D eigenvalue weighted by Gasteiger charge is 2.59. The largest absolute Gasteiger partial charge is 0.435 e. The fraction of sp³-hybridized carbons (Fsp3) is 0.176. The van der Waals surface area contributed by atoms with E-state index in [4.69, 9.17) is 4.74 Å². The van der Waals surface area contributed by atoms with Crippen molar-refractivity contribution in [3.05, 3.63) is 64.7 Å². The molecule has 1 atom stereocenters. The smallest absolute Gasteiger partial charge is 0.340 e. The molecule has 1 spiro atoms. The first-order valence-corrected chi connectivity index (χ1v) is 6.78. The Labute approximate surface area is 121 Å². The lowest BCUT2D eigenvalue weighted by atomic mass is 9.86. The van der Waals surface area contributed by atoms with Crippen molar-refractivity contribution in [2.24, 2.45) is 0 Å². The molecule has 2 aromatic carbocycles. The van der Waals surface area contributed by atoms with Gasteiger partial charge in [0, 0.05) is 18.2 Å². The second kappa shape index (κ2) is 3.73. The van der Waals surface area contributed by atoms with Gasteiger partial charge in [-0.05, 0) is 24.6 Å². The van der Waals surface area contributed by atoms with Crippen LogP contribution in [0.25, 0.3) is 0 Å². The van der Waals surface area contributed by atoms with Crippen molar-refractivity contribution in [2.75, 3.05) is 11.9 Å². The van der Waals surface area contributed by atoms with Crippen molar-refractivity contribution in [1.29, 1.82) is 0 Å². The van der Waals surface area contributed by atoms with Crippen LogP contribution in [0.4, 0.5) is 5.69 Å². The van der Waals surface area contributed by atoms with Crippen LogP contribution in [0.5, 0.6) is 0 Å². The molecule has 0 aliphatic carbocycles. The number of anilines is 1. The van der Waals surface area contributed by atoms with Gasteiger partial charge in [-0.25, -0.2) is 4.79 Å². The van der Waals surface area contributed by atoms with Gasteiger partial charge in [0.15, 0.2) is 0 Å². The third-order valence-electron chi connectivity index (χ3n) is 4.27. The van der Waals surface area contributed by atoms with Gasteiger partial charge in [0.05, 0.1) is 11.3 Å². The second-order valence-corrected chi connectivity index (χ2v) is 5.50. The van der Waals surface area contributed by atoms with Gasteiger partial charge in [-0.3, -0.25) is 4.79 Å². The van der Waals surface area contributed by atoms with E-state index in [9.17, 15) is 9.59 Å². The molecule has 1 unspecified atom stereocenters. The Balaban J connectivity index is 2.07. The summed E-state index contributed by atoms with van der Waals surface area (Å²) >= 11 is 0. The fourth-order valence-corrected chi connectivity index (χ4v) is 3.25. The zero-order valence-corrected chi connectivity index (χ0v) is 11.7. The third-order valence-corrected chi connectivity index (χ3v) is 4.27. The molecule has 4 heteroatoms. The number of nitrogens with zero attached hydrogens (tertiary/aromatic N) is 1. The quantitative estimate of drug-likeness (QED) is 0.696. The third kappa shape index (κ3) is 1.29. The van der Waals surface area contributed by atoms with E-state index in [1.54, 1.807) is 30.1 Å². The number of benzene rings is 2. The zero-order valence-electron chi connectivity index (χ0n) is 11.7. The topological polar surface area (TPSA) is 46.6 Å². The number of hydrogen-bond acceptors (Lipinski definition) is 3. The molecule has 4 rings (SSSR count). The number of carbonyl (C=O) groups is 2. The highest BCUT2D eigenvalue weighted by atomic mass is 16.6. The first kappa shape index (κ1) is 12.1. The number of amides is 1. The van der Waals surface area contributed by atoms with E-state index in [2.05, 4.69) is 0 Å². The Hall–Kier alpha value is -2.62. The molecule has 1 amide bonds. The molecular formula is C17H13NO3. The maximum atomic E-state index is 12.9. The van der Waals surface area contributed by atoms with Gasteiger partial charge in [-0.1, -0.05) is 30.3 Å². The minimum atomic E-state index is -1.31. The van der Waals surface area contributed by atoms with E-state index in [-0.39, 0.29) is 5.91 Å². The summed E-state index contributed by atoms with van der Waals surface area (Å²) in [6, 6.07) is 12.8. The van der Waals surface area contributed by atoms with Crippen LogP contribution in [0.15, 0.2) is 42.5 Å². The lowest BCUT2D eigenvalue weighted by Gasteiger charge is -2.22. The Morgan fingerprint density at radius 2 is 1.81 bits per heavy atom. The van der Waals surface area contributed by atoms with Crippen molar-refractivity contribution in [3.63, 3.8) is 0 Å². The van der Waals surface area contributed by atoms with E-state index < -0.39 is 11.6 Å². The SMILES string of the molecule is Cc1ccc2c(c1)N(C)C(=O)C21OC(=O)c2ccccc21. The van der Waals surface area contributed by atoms with Gasteiger partial charge >= 0.3 is 5.97 Å². The molecule has 0 fully saturated rings. The van der Waals surface area contributed by atoms with E-state index in [0.717, 1.165) is 16.8 Å². The second-order valence-electron chi connectivity index (χ2n) is 5.50. The number of aryl methyl sites for hydroxylation is 1. The molecule has 2 aliphatic rings. The molecule has 0 saturated heterocycles. The molecule has 2 aromatic rings. The number of hydrogen-bond donors (Lipinski definition) is 0. The van der Waals surface area contributed by atoms with Gasteiger partial charge < -0.3 is 9.64 Å². The maximum Gasteiger partial charge on any atom is 0.340 e. The van der Waals surface area contributed by atoms with Crippen LogP contribution < -0.4 is 4.90 Å². The molecule has 2 heterocycles. The van der Waals surface area contributed by atoms with Crippen LogP contribution in [-0.2, 0) is 15.1 Å². The van der Waals surface area contributed by atoms with Crippen molar-refractivity contribution in [3.8, 4) is 0 Å². The predicted octanol–water partition coefficient (Wildman–Crippen LogP) is 2.39. The first-order chi connectivity index (χ1) is 10.1. The van der Waals surface area contributed by atoms with Gasteiger partial charge in [0.25, 0.3) is 5.91 Å². The fourth-order valence-electron chi connectivity index (χ4n) is 3.25. The number of likely N-dealkylation sites (N-methyl/N-ethyl adjacent to an activating group) is 1.